The minimum absolute atomic E-state index is 0.0216. The first-order valence-electron chi connectivity index (χ1n) is 12.3. The Morgan fingerprint density at radius 1 is 1.05 bits per heavy atom. The van der Waals surface area contributed by atoms with Crippen molar-refractivity contribution in [3.05, 3.63) is 70.4 Å². The van der Waals surface area contributed by atoms with Crippen LogP contribution < -0.4 is 16.0 Å². The van der Waals surface area contributed by atoms with E-state index in [1.807, 2.05) is 19.9 Å². The van der Waals surface area contributed by atoms with Crippen LogP contribution in [0.1, 0.15) is 61.2 Å². The van der Waals surface area contributed by atoms with E-state index in [0.717, 1.165) is 17.0 Å². The van der Waals surface area contributed by atoms with Gasteiger partial charge in [-0.2, -0.15) is 0 Å². The Hall–Kier alpha value is -3.59. The van der Waals surface area contributed by atoms with E-state index in [1.165, 1.54) is 26.1 Å². The van der Waals surface area contributed by atoms with Crippen molar-refractivity contribution < 1.29 is 23.5 Å². The average molecular weight is 515 g/mol. The standard InChI is InChI=1S/C28H36F2N4O3/c1-6-21-14-22(8-10-24(21)28(37)32-12-11-31-25(36)13-20(5)35)34-16-19(4)33-15-18(3)23-9-7-17(2)26(29)27(23)30/h7-10,14-15,20,34-35H,6,11-13,16H2,1-5H3,(H,31,36)(H,32,37)/b18-15+,33-19?. The van der Waals surface area contributed by atoms with Crippen molar-refractivity contribution >= 4 is 28.8 Å². The summed E-state index contributed by atoms with van der Waals surface area (Å²) < 4.78 is 28.0. The number of aliphatic hydroxyl groups is 1. The number of amides is 2. The van der Waals surface area contributed by atoms with Crippen LogP contribution in [0.15, 0.2) is 41.5 Å². The molecule has 0 aliphatic heterocycles. The Bertz CT molecular complexity index is 1180. The molecule has 37 heavy (non-hydrogen) atoms. The first kappa shape index (κ1) is 29.6. The summed E-state index contributed by atoms with van der Waals surface area (Å²) in [4.78, 5) is 28.5. The third kappa shape index (κ3) is 9.09. The van der Waals surface area contributed by atoms with Gasteiger partial charge in [0.15, 0.2) is 11.6 Å². The molecule has 4 N–H and O–H groups in total. The Labute approximate surface area is 217 Å². The summed E-state index contributed by atoms with van der Waals surface area (Å²) >= 11 is 0. The monoisotopic (exact) mass is 514 g/mol. The first-order valence-corrected chi connectivity index (χ1v) is 12.3. The Morgan fingerprint density at radius 3 is 2.41 bits per heavy atom. The van der Waals surface area contributed by atoms with Gasteiger partial charge in [0.05, 0.1) is 19.1 Å². The predicted molar refractivity (Wildman–Crippen MR) is 144 cm³/mol. The van der Waals surface area contributed by atoms with Crippen molar-refractivity contribution in [3.8, 4) is 0 Å². The van der Waals surface area contributed by atoms with Crippen LogP contribution >= 0.6 is 0 Å². The highest BCUT2D eigenvalue weighted by atomic mass is 19.2. The summed E-state index contributed by atoms with van der Waals surface area (Å²) in [6.07, 6.45) is 1.48. The summed E-state index contributed by atoms with van der Waals surface area (Å²) in [6.45, 7) is 9.49. The Balaban J connectivity index is 1.95. The molecule has 0 aliphatic rings. The molecule has 2 aromatic carbocycles. The van der Waals surface area contributed by atoms with Crippen LogP contribution in [-0.2, 0) is 11.2 Å². The number of hydrogen-bond donors (Lipinski definition) is 4. The van der Waals surface area contributed by atoms with Crippen LogP contribution in [-0.4, -0.2) is 48.4 Å². The number of anilines is 1. The molecule has 0 fully saturated rings. The van der Waals surface area contributed by atoms with E-state index in [9.17, 15) is 23.5 Å². The van der Waals surface area contributed by atoms with Gasteiger partial charge < -0.3 is 21.1 Å². The molecule has 0 aromatic heterocycles. The van der Waals surface area contributed by atoms with Gasteiger partial charge in [-0.15, -0.1) is 0 Å². The van der Waals surface area contributed by atoms with E-state index in [1.54, 1.807) is 25.1 Å². The molecule has 2 rings (SSSR count). The van der Waals surface area contributed by atoms with E-state index in [-0.39, 0.29) is 42.5 Å². The van der Waals surface area contributed by atoms with Gasteiger partial charge in [0.25, 0.3) is 5.91 Å². The van der Waals surface area contributed by atoms with Crippen LogP contribution in [0.25, 0.3) is 5.57 Å². The number of aryl methyl sites for hydroxylation is 2. The maximum Gasteiger partial charge on any atom is 0.251 e. The van der Waals surface area contributed by atoms with E-state index >= 15 is 0 Å². The lowest BCUT2D eigenvalue weighted by Crippen LogP contribution is -2.35. The molecule has 1 atom stereocenters. The number of carbonyl (C=O) groups is 2. The molecule has 2 amide bonds. The number of allylic oxidation sites excluding steroid dienone is 1. The second kappa shape index (κ2) is 14.2. The second-order valence-electron chi connectivity index (χ2n) is 8.97. The normalized spacial score (nSPS) is 12.8. The van der Waals surface area contributed by atoms with Gasteiger partial charge >= 0.3 is 0 Å². The number of aliphatic hydroxyl groups excluding tert-OH is 1. The minimum Gasteiger partial charge on any atom is -0.393 e. The number of hydrogen-bond acceptors (Lipinski definition) is 5. The first-order chi connectivity index (χ1) is 17.5. The molecule has 7 nitrogen and oxygen atoms in total. The maximum absolute atomic E-state index is 14.2. The Kier molecular flexibility index (Phi) is 11.4. The van der Waals surface area contributed by atoms with Crippen LogP contribution in [0, 0.1) is 18.6 Å². The van der Waals surface area contributed by atoms with E-state index < -0.39 is 17.7 Å². The van der Waals surface area contributed by atoms with E-state index in [0.29, 0.717) is 24.1 Å². The molecule has 0 aliphatic carbocycles. The number of halogens is 2. The van der Waals surface area contributed by atoms with Crippen molar-refractivity contribution in [2.24, 2.45) is 4.99 Å². The van der Waals surface area contributed by atoms with Crippen molar-refractivity contribution in [1.29, 1.82) is 0 Å². The van der Waals surface area contributed by atoms with Gasteiger partial charge in [0, 0.05) is 41.8 Å². The average Bonchev–Trinajstić information content (AvgIpc) is 2.86. The SMILES string of the molecule is CCc1cc(NCC(C)=N/C=C(\C)c2ccc(C)c(F)c2F)ccc1C(=O)NCCNC(=O)CC(C)O. The fraction of sp³-hybridized carbons (Fsp3) is 0.393. The number of rotatable bonds is 12. The zero-order valence-electron chi connectivity index (χ0n) is 22.0. The topological polar surface area (TPSA) is 103 Å². The lowest BCUT2D eigenvalue weighted by atomic mass is 10.0. The largest absolute Gasteiger partial charge is 0.393 e. The summed E-state index contributed by atoms with van der Waals surface area (Å²) in [5.74, 6) is -2.23. The summed E-state index contributed by atoms with van der Waals surface area (Å²) in [6, 6.07) is 8.53. The van der Waals surface area contributed by atoms with E-state index in [4.69, 9.17) is 0 Å². The summed E-state index contributed by atoms with van der Waals surface area (Å²) in [5.41, 5.74) is 3.93. The third-order valence-electron chi connectivity index (χ3n) is 5.67. The van der Waals surface area contributed by atoms with Crippen molar-refractivity contribution in [1.82, 2.24) is 10.6 Å². The summed E-state index contributed by atoms with van der Waals surface area (Å²) in [5, 5.41) is 17.9. The lowest BCUT2D eigenvalue weighted by molar-refractivity contribution is -0.122. The summed E-state index contributed by atoms with van der Waals surface area (Å²) in [7, 11) is 0. The van der Waals surface area contributed by atoms with Gasteiger partial charge in [0.1, 0.15) is 0 Å². The number of nitrogens with zero attached hydrogens (tertiary/aromatic N) is 1. The number of benzene rings is 2. The molecule has 2 aromatic rings. The highest BCUT2D eigenvalue weighted by Gasteiger charge is 2.13. The molecular weight excluding hydrogens is 478 g/mol. The molecule has 0 saturated heterocycles. The molecule has 0 heterocycles. The second-order valence-corrected chi connectivity index (χ2v) is 8.97. The van der Waals surface area contributed by atoms with Crippen LogP contribution in [0.2, 0.25) is 0 Å². The number of nitrogens with one attached hydrogen (secondary N) is 3. The lowest BCUT2D eigenvalue weighted by Gasteiger charge is -2.13. The van der Waals surface area contributed by atoms with Gasteiger partial charge in [-0.3, -0.25) is 14.6 Å². The highest BCUT2D eigenvalue weighted by Crippen LogP contribution is 2.22. The zero-order valence-corrected chi connectivity index (χ0v) is 22.0. The molecule has 0 saturated carbocycles. The van der Waals surface area contributed by atoms with Crippen LogP contribution in [0.4, 0.5) is 14.5 Å². The molecule has 0 spiro atoms. The van der Waals surface area contributed by atoms with Gasteiger partial charge in [-0.1, -0.05) is 19.1 Å². The third-order valence-corrected chi connectivity index (χ3v) is 5.67. The van der Waals surface area contributed by atoms with Gasteiger partial charge in [0.2, 0.25) is 5.91 Å². The van der Waals surface area contributed by atoms with Gasteiger partial charge in [-0.25, -0.2) is 8.78 Å². The molecule has 0 radical (unpaired) electrons. The molecular formula is C28H36F2N4O3. The van der Waals surface area contributed by atoms with Crippen molar-refractivity contribution in [3.63, 3.8) is 0 Å². The number of carbonyl (C=O) groups excluding carboxylic acids is 2. The van der Waals surface area contributed by atoms with Crippen molar-refractivity contribution in [2.45, 2.75) is 53.6 Å². The van der Waals surface area contributed by atoms with E-state index in [2.05, 4.69) is 20.9 Å². The maximum atomic E-state index is 14.2. The molecule has 0 bridgehead atoms. The van der Waals surface area contributed by atoms with Crippen molar-refractivity contribution in [2.75, 3.05) is 25.0 Å². The Morgan fingerprint density at radius 2 is 1.73 bits per heavy atom. The molecule has 200 valence electrons. The molecule has 9 heteroatoms. The van der Waals surface area contributed by atoms with Crippen LogP contribution in [0.3, 0.4) is 0 Å². The van der Waals surface area contributed by atoms with Crippen LogP contribution in [0.5, 0.6) is 0 Å². The quantitative estimate of drug-likeness (QED) is 0.249. The number of aliphatic imine (C=N–C) groups is 1. The van der Waals surface area contributed by atoms with Gasteiger partial charge in [-0.05, 0) is 69.0 Å². The molecule has 1 unspecified atom stereocenters. The zero-order chi connectivity index (χ0) is 27.5. The predicted octanol–water partition coefficient (Wildman–Crippen LogP) is 4.39. The smallest absolute Gasteiger partial charge is 0.251 e. The minimum atomic E-state index is -0.878. The highest BCUT2D eigenvalue weighted by molar-refractivity contribution is 5.96. The fourth-order valence-corrected chi connectivity index (χ4v) is 3.53. The fourth-order valence-electron chi connectivity index (χ4n) is 3.53.